The molecule has 2 saturated heterocycles. The average molecular weight is 322 g/mol. The van der Waals surface area contributed by atoms with Crippen LogP contribution in [-0.2, 0) is 9.53 Å². The normalized spacial score (nSPS) is 21.7. The van der Waals surface area contributed by atoms with Crippen LogP contribution in [0.15, 0.2) is 16.8 Å². The molecule has 3 heterocycles. The van der Waals surface area contributed by atoms with Crippen LogP contribution in [0.25, 0.3) is 0 Å². The molecule has 1 aromatic rings. The molecule has 0 radical (unpaired) electrons. The lowest BCUT2D eigenvalue weighted by molar-refractivity contribution is -0.130. The van der Waals surface area contributed by atoms with E-state index in [-0.39, 0.29) is 17.2 Å². The van der Waals surface area contributed by atoms with Crippen molar-refractivity contribution in [1.29, 1.82) is 0 Å². The molecule has 2 aliphatic rings. The first-order chi connectivity index (χ1) is 10.6. The number of hydrogen-bond acceptors (Lipinski definition) is 4. The number of amides is 2. The molecule has 0 aromatic carbocycles. The van der Waals surface area contributed by atoms with Crippen molar-refractivity contribution in [3.05, 3.63) is 22.4 Å². The van der Waals surface area contributed by atoms with E-state index >= 15 is 0 Å². The Kier molecular flexibility index (Phi) is 4.49. The van der Waals surface area contributed by atoms with Crippen LogP contribution in [0.2, 0.25) is 0 Å². The van der Waals surface area contributed by atoms with Crippen molar-refractivity contribution in [2.24, 2.45) is 5.41 Å². The second kappa shape index (κ2) is 6.38. The van der Waals surface area contributed by atoms with Crippen molar-refractivity contribution in [3.8, 4) is 0 Å². The molecular weight excluding hydrogens is 300 g/mol. The summed E-state index contributed by atoms with van der Waals surface area (Å²) in [5, 5.41) is 3.83. The number of carbonyl (C=O) groups excluding carboxylic acids is 2. The molecule has 120 valence electrons. The Labute approximate surface area is 134 Å². The minimum absolute atomic E-state index is 0.00754. The molecule has 2 fully saturated rings. The van der Waals surface area contributed by atoms with Gasteiger partial charge in [-0.2, -0.15) is 11.3 Å². The van der Waals surface area contributed by atoms with Gasteiger partial charge in [0.1, 0.15) is 0 Å². The summed E-state index contributed by atoms with van der Waals surface area (Å²) in [6, 6.07) is 1.88. The first-order valence-electron chi connectivity index (χ1n) is 7.74. The Morgan fingerprint density at radius 2 is 2.00 bits per heavy atom. The van der Waals surface area contributed by atoms with Gasteiger partial charge in [-0.1, -0.05) is 0 Å². The van der Waals surface area contributed by atoms with E-state index in [2.05, 4.69) is 0 Å². The third-order valence-corrected chi connectivity index (χ3v) is 5.45. The second-order valence-corrected chi connectivity index (χ2v) is 7.08. The van der Waals surface area contributed by atoms with Crippen molar-refractivity contribution < 1.29 is 14.3 Å². The van der Waals surface area contributed by atoms with Gasteiger partial charge in [0.15, 0.2) is 0 Å². The van der Waals surface area contributed by atoms with Gasteiger partial charge in [-0.3, -0.25) is 9.59 Å². The molecule has 6 heteroatoms. The fourth-order valence-corrected chi connectivity index (χ4v) is 3.95. The summed E-state index contributed by atoms with van der Waals surface area (Å²) >= 11 is 1.55. The molecule has 0 aliphatic carbocycles. The van der Waals surface area contributed by atoms with E-state index in [0.29, 0.717) is 19.8 Å². The Balaban J connectivity index is 1.64. The molecule has 1 spiro atoms. The zero-order chi connectivity index (χ0) is 15.6. The highest BCUT2D eigenvalue weighted by molar-refractivity contribution is 7.08. The van der Waals surface area contributed by atoms with E-state index in [1.807, 2.05) is 26.6 Å². The van der Waals surface area contributed by atoms with Crippen LogP contribution in [0.5, 0.6) is 0 Å². The highest BCUT2D eigenvalue weighted by Gasteiger charge is 2.39. The monoisotopic (exact) mass is 322 g/mol. The SMILES string of the molecule is CC(=O)N1CCOCC2(CCN(C(=O)c3ccsc3)CC2)C1. The van der Waals surface area contributed by atoms with Crippen LogP contribution in [0.3, 0.4) is 0 Å². The maximum Gasteiger partial charge on any atom is 0.254 e. The first-order valence-corrected chi connectivity index (χ1v) is 8.69. The number of piperidine rings is 1. The molecule has 2 amide bonds. The minimum atomic E-state index is 0.00754. The summed E-state index contributed by atoms with van der Waals surface area (Å²) < 4.78 is 5.74. The predicted molar refractivity (Wildman–Crippen MR) is 85.0 cm³/mol. The summed E-state index contributed by atoms with van der Waals surface area (Å²) in [4.78, 5) is 27.9. The van der Waals surface area contributed by atoms with Crippen molar-refractivity contribution in [2.75, 3.05) is 39.4 Å². The molecule has 22 heavy (non-hydrogen) atoms. The number of ether oxygens (including phenoxy) is 1. The zero-order valence-electron chi connectivity index (χ0n) is 12.9. The number of carbonyl (C=O) groups is 2. The number of rotatable bonds is 1. The Bertz CT molecular complexity index is 536. The molecule has 2 aliphatic heterocycles. The Morgan fingerprint density at radius 3 is 2.64 bits per heavy atom. The lowest BCUT2D eigenvalue weighted by Gasteiger charge is -2.42. The summed E-state index contributed by atoms with van der Waals surface area (Å²) in [6.07, 6.45) is 1.79. The van der Waals surface area contributed by atoms with Crippen LogP contribution in [-0.4, -0.2) is 61.0 Å². The van der Waals surface area contributed by atoms with Gasteiger partial charge in [0, 0.05) is 43.9 Å². The van der Waals surface area contributed by atoms with Gasteiger partial charge >= 0.3 is 0 Å². The lowest BCUT2D eigenvalue weighted by Crippen LogP contribution is -2.49. The van der Waals surface area contributed by atoms with Crippen LogP contribution < -0.4 is 0 Å². The number of likely N-dealkylation sites (tertiary alicyclic amines) is 1. The van der Waals surface area contributed by atoms with Crippen molar-refractivity contribution in [2.45, 2.75) is 19.8 Å². The van der Waals surface area contributed by atoms with E-state index in [1.165, 1.54) is 0 Å². The maximum atomic E-state index is 12.4. The van der Waals surface area contributed by atoms with Crippen LogP contribution in [0.4, 0.5) is 0 Å². The van der Waals surface area contributed by atoms with Crippen LogP contribution in [0, 0.1) is 5.41 Å². The molecule has 0 saturated carbocycles. The fourth-order valence-electron chi connectivity index (χ4n) is 3.32. The molecule has 0 N–H and O–H groups in total. The van der Waals surface area contributed by atoms with E-state index in [9.17, 15) is 9.59 Å². The van der Waals surface area contributed by atoms with Crippen molar-refractivity contribution in [1.82, 2.24) is 9.80 Å². The number of thiophene rings is 1. The molecule has 0 unspecified atom stereocenters. The third-order valence-electron chi connectivity index (χ3n) is 4.76. The topological polar surface area (TPSA) is 49.9 Å². The highest BCUT2D eigenvalue weighted by Crippen LogP contribution is 2.34. The summed E-state index contributed by atoms with van der Waals surface area (Å²) in [5.74, 6) is 0.232. The van der Waals surface area contributed by atoms with Gasteiger partial charge < -0.3 is 14.5 Å². The predicted octanol–water partition coefficient (Wildman–Crippen LogP) is 1.85. The number of hydrogen-bond donors (Lipinski definition) is 0. The molecule has 3 rings (SSSR count). The minimum Gasteiger partial charge on any atom is -0.379 e. The number of nitrogens with zero attached hydrogens (tertiary/aromatic N) is 2. The summed E-state index contributed by atoms with van der Waals surface area (Å²) in [5.41, 5.74) is 0.788. The fraction of sp³-hybridized carbons (Fsp3) is 0.625. The maximum absolute atomic E-state index is 12.4. The van der Waals surface area contributed by atoms with Gasteiger partial charge in [0.25, 0.3) is 5.91 Å². The Hall–Kier alpha value is -1.40. The Morgan fingerprint density at radius 1 is 1.23 bits per heavy atom. The lowest BCUT2D eigenvalue weighted by atomic mass is 9.78. The smallest absolute Gasteiger partial charge is 0.254 e. The van der Waals surface area contributed by atoms with Gasteiger partial charge in [0.2, 0.25) is 5.91 Å². The van der Waals surface area contributed by atoms with Crippen molar-refractivity contribution in [3.63, 3.8) is 0 Å². The molecule has 5 nitrogen and oxygen atoms in total. The summed E-state index contributed by atoms with van der Waals surface area (Å²) in [6.45, 7) is 5.83. The standard InChI is InChI=1S/C16H22N2O3S/c1-13(19)18-7-8-21-12-16(11-18)3-5-17(6-4-16)15(20)14-2-9-22-10-14/h2,9-10H,3-8,11-12H2,1H3. The van der Waals surface area contributed by atoms with E-state index in [0.717, 1.165) is 38.0 Å². The van der Waals surface area contributed by atoms with E-state index < -0.39 is 0 Å². The highest BCUT2D eigenvalue weighted by atomic mass is 32.1. The second-order valence-electron chi connectivity index (χ2n) is 6.30. The van der Waals surface area contributed by atoms with Gasteiger partial charge in [-0.25, -0.2) is 0 Å². The summed E-state index contributed by atoms with van der Waals surface area (Å²) in [7, 11) is 0. The molecular formula is C16H22N2O3S. The van der Waals surface area contributed by atoms with Crippen LogP contribution in [0.1, 0.15) is 30.1 Å². The van der Waals surface area contributed by atoms with Crippen LogP contribution >= 0.6 is 11.3 Å². The van der Waals surface area contributed by atoms with E-state index in [1.54, 1.807) is 18.3 Å². The van der Waals surface area contributed by atoms with Gasteiger partial charge in [-0.15, -0.1) is 0 Å². The van der Waals surface area contributed by atoms with Gasteiger partial charge in [-0.05, 0) is 24.3 Å². The first kappa shape index (κ1) is 15.5. The average Bonchev–Trinajstić information content (AvgIpc) is 2.97. The quantitative estimate of drug-likeness (QED) is 0.793. The van der Waals surface area contributed by atoms with E-state index in [4.69, 9.17) is 4.74 Å². The zero-order valence-corrected chi connectivity index (χ0v) is 13.7. The van der Waals surface area contributed by atoms with Gasteiger partial charge in [0.05, 0.1) is 18.8 Å². The molecule has 0 atom stereocenters. The largest absolute Gasteiger partial charge is 0.379 e. The molecule has 0 bridgehead atoms. The molecule has 1 aromatic heterocycles. The van der Waals surface area contributed by atoms with Crippen molar-refractivity contribution >= 4 is 23.2 Å². The third kappa shape index (κ3) is 3.17.